The standard InChI is InChI=1S/C9H12F2N2O/c1-5-8(9(10)11)6(4-12)3-7(13-5)14-2/h3,9H,4,12H2,1-2H3. The molecule has 78 valence electrons. The summed E-state index contributed by atoms with van der Waals surface area (Å²) in [5.74, 6) is 0.312. The molecule has 0 spiro atoms. The van der Waals surface area contributed by atoms with Gasteiger partial charge in [0.05, 0.1) is 12.8 Å². The number of halogens is 2. The highest BCUT2D eigenvalue weighted by Gasteiger charge is 2.17. The third kappa shape index (κ3) is 1.98. The first-order valence-corrected chi connectivity index (χ1v) is 4.12. The number of ether oxygens (including phenoxy) is 1. The van der Waals surface area contributed by atoms with Crippen molar-refractivity contribution in [1.82, 2.24) is 4.98 Å². The molecule has 0 amide bonds. The van der Waals surface area contributed by atoms with Gasteiger partial charge in [0.15, 0.2) is 0 Å². The van der Waals surface area contributed by atoms with Gasteiger partial charge >= 0.3 is 0 Å². The highest BCUT2D eigenvalue weighted by molar-refractivity contribution is 5.35. The molecule has 0 aliphatic rings. The van der Waals surface area contributed by atoms with Gasteiger partial charge in [0.25, 0.3) is 6.43 Å². The van der Waals surface area contributed by atoms with Crippen molar-refractivity contribution in [3.05, 3.63) is 22.9 Å². The largest absolute Gasteiger partial charge is 0.481 e. The van der Waals surface area contributed by atoms with E-state index in [0.29, 0.717) is 11.4 Å². The van der Waals surface area contributed by atoms with Crippen LogP contribution in [0, 0.1) is 6.92 Å². The van der Waals surface area contributed by atoms with E-state index in [-0.39, 0.29) is 17.8 Å². The zero-order chi connectivity index (χ0) is 10.7. The maximum Gasteiger partial charge on any atom is 0.265 e. The number of rotatable bonds is 3. The Labute approximate surface area is 80.9 Å². The van der Waals surface area contributed by atoms with E-state index in [1.165, 1.54) is 20.1 Å². The molecule has 0 aromatic carbocycles. The Bertz CT molecular complexity index is 329. The molecule has 0 fully saturated rings. The van der Waals surface area contributed by atoms with Crippen molar-refractivity contribution in [2.24, 2.45) is 5.73 Å². The van der Waals surface area contributed by atoms with Crippen LogP contribution in [0.1, 0.15) is 23.2 Å². The Morgan fingerprint density at radius 3 is 2.64 bits per heavy atom. The zero-order valence-electron chi connectivity index (χ0n) is 8.05. The topological polar surface area (TPSA) is 48.1 Å². The van der Waals surface area contributed by atoms with Gasteiger partial charge in [-0.2, -0.15) is 0 Å². The van der Waals surface area contributed by atoms with Gasteiger partial charge in [-0.05, 0) is 12.5 Å². The molecule has 5 heteroatoms. The third-order valence-electron chi connectivity index (χ3n) is 1.96. The molecule has 1 aromatic rings. The summed E-state index contributed by atoms with van der Waals surface area (Å²) in [7, 11) is 1.43. The summed E-state index contributed by atoms with van der Waals surface area (Å²) >= 11 is 0. The smallest absolute Gasteiger partial charge is 0.265 e. The quantitative estimate of drug-likeness (QED) is 0.812. The summed E-state index contributed by atoms with van der Waals surface area (Å²) < 4.78 is 30.0. The second kappa shape index (κ2) is 4.32. The minimum absolute atomic E-state index is 0.0550. The summed E-state index contributed by atoms with van der Waals surface area (Å²) in [6.45, 7) is 1.57. The molecule has 1 rings (SSSR count). The van der Waals surface area contributed by atoms with Crippen LogP contribution in [-0.2, 0) is 6.54 Å². The minimum Gasteiger partial charge on any atom is -0.481 e. The molecule has 1 aromatic heterocycles. The van der Waals surface area contributed by atoms with Crippen LogP contribution in [0.15, 0.2) is 6.07 Å². The van der Waals surface area contributed by atoms with Crippen LogP contribution in [0.3, 0.4) is 0 Å². The number of hydrogen-bond donors (Lipinski definition) is 1. The highest BCUT2D eigenvalue weighted by Crippen LogP contribution is 2.27. The minimum atomic E-state index is -2.55. The normalized spacial score (nSPS) is 10.7. The lowest BCUT2D eigenvalue weighted by Crippen LogP contribution is -2.06. The fourth-order valence-electron chi connectivity index (χ4n) is 1.29. The van der Waals surface area contributed by atoms with Gasteiger partial charge in [0.1, 0.15) is 0 Å². The lowest BCUT2D eigenvalue weighted by molar-refractivity contribution is 0.148. The number of methoxy groups -OCH3 is 1. The van der Waals surface area contributed by atoms with Crippen molar-refractivity contribution in [2.45, 2.75) is 19.9 Å². The molecular weight excluding hydrogens is 190 g/mol. The van der Waals surface area contributed by atoms with Gasteiger partial charge in [-0.1, -0.05) is 0 Å². The maximum absolute atomic E-state index is 12.6. The zero-order valence-corrected chi connectivity index (χ0v) is 8.05. The Hall–Kier alpha value is -1.23. The first-order chi connectivity index (χ1) is 6.60. The highest BCUT2D eigenvalue weighted by atomic mass is 19.3. The monoisotopic (exact) mass is 202 g/mol. The molecule has 1 heterocycles. The second-order valence-electron chi connectivity index (χ2n) is 2.83. The van der Waals surface area contributed by atoms with Crippen molar-refractivity contribution in [1.29, 1.82) is 0 Å². The number of nitrogens with zero attached hydrogens (tertiary/aromatic N) is 1. The Morgan fingerprint density at radius 1 is 1.57 bits per heavy atom. The van der Waals surface area contributed by atoms with E-state index in [1.807, 2.05) is 0 Å². The molecule has 0 atom stereocenters. The first kappa shape index (κ1) is 10.8. The fraction of sp³-hybridized carbons (Fsp3) is 0.444. The fourth-order valence-corrected chi connectivity index (χ4v) is 1.29. The predicted octanol–water partition coefficient (Wildman–Crippen LogP) is 1.79. The van der Waals surface area contributed by atoms with Crippen LogP contribution >= 0.6 is 0 Å². The lowest BCUT2D eigenvalue weighted by Gasteiger charge is -2.11. The molecule has 0 bridgehead atoms. The lowest BCUT2D eigenvalue weighted by atomic mass is 10.1. The molecule has 0 unspecified atom stereocenters. The molecule has 0 radical (unpaired) electrons. The Morgan fingerprint density at radius 2 is 2.21 bits per heavy atom. The summed E-state index contributed by atoms with van der Waals surface area (Å²) in [5, 5.41) is 0. The average molecular weight is 202 g/mol. The third-order valence-corrected chi connectivity index (χ3v) is 1.96. The number of aryl methyl sites for hydroxylation is 1. The molecule has 2 N–H and O–H groups in total. The molecule has 0 saturated carbocycles. The second-order valence-corrected chi connectivity index (χ2v) is 2.83. The van der Waals surface area contributed by atoms with Gasteiger partial charge in [0.2, 0.25) is 5.88 Å². The summed E-state index contributed by atoms with van der Waals surface area (Å²) in [4.78, 5) is 3.86. The van der Waals surface area contributed by atoms with Crippen LogP contribution in [0.25, 0.3) is 0 Å². The maximum atomic E-state index is 12.6. The van der Waals surface area contributed by atoms with Crippen LogP contribution in [0.2, 0.25) is 0 Å². The molecule has 0 aliphatic carbocycles. The van der Waals surface area contributed by atoms with Gasteiger partial charge in [-0.15, -0.1) is 0 Å². The van der Waals surface area contributed by atoms with E-state index in [2.05, 4.69) is 4.98 Å². The van der Waals surface area contributed by atoms with E-state index in [4.69, 9.17) is 10.5 Å². The van der Waals surface area contributed by atoms with Crippen LogP contribution in [0.5, 0.6) is 5.88 Å². The average Bonchev–Trinajstić information content (AvgIpc) is 2.15. The number of aromatic nitrogens is 1. The van der Waals surface area contributed by atoms with Crippen molar-refractivity contribution in [3.63, 3.8) is 0 Å². The van der Waals surface area contributed by atoms with E-state index in [9.17, 15) is 8.78 Å². The van der Waals surface area contributed by atoms with Crippen molar-refractivity contribution < 1.29 is 13.5 Å². The van der Waals surface area contributed by atoms with Crippen molar-refractivity contribution in [3.8, 4) is 5.88 Å². The van der Waals surface area contributed by atoms with E-state index in [1.54, 1.807) is 0 Å². The Balaban J connectivity index is 3.27. The van der Waals surface area contributed by atoms with Gasteiger partial charge in [-0.25, -0.2) is 13.8 Å². The Kier molecular flexibility index (Phi) is 3.35. The number of hydrogen-bond acceptors (Lipinski definition) is 3. The molecule has 0 saturated heterocycles. The number of pyridine rings is 1. The van der Waals surface area contributed by atoms with Crippen LogP contribution in [0.4, 0.5) is 8.78 Å². The van der Waals surface area contributed by atoms with E-state index in [0.717, 1.165) is 0 Å². The molecule has 0 aliphatic heterocycles. The SMILES string of the molecule is COc1cc(CN)c(C(F)F)c(C)n1. The van der Waals surface area contributed by atoms with Gasteiger partial charge in [0, 0.05) is 18.2 Å². The number of nitrogens with two attached hydrogens (primary N) is 1. The van der Waals surface area contributed by atoms with Crippen molar-refractivity contribution in [2.75, 3.05) is 7.11 Å². The van der Waals surface area contributed by atoms with E-state index >= 15 is 0 Å². The summed E-state index contributed by atoms with van der Waals surface area (Å²) in [6, 6.07) is 1.44. The molecule has 3 nitrogen and oxygen atoms in total. The molecular formula is C9H12F2N2O. The summed E-state index contributed by atoms with van der Waals surface area (Å²) in [6.07, 6.45) is -2.55. The van der Waals surface area contributed by atoms with Gasteiger partial charge < -0.3 is 10.5 Å². The van der Waals surface area contributed by atoms with Crippen LogP contribution < -0.4 is 10.5 Å². The van der Waals surface area contributed by atoms with Gasteiger partial charge in [-0.3, -0.25) is 0 Å². The number of alkyl halides is 2. The van der Waals surface area contributed by atoms with E-state index < -0.39 is 6.43 Å². The van der Waals surface area contributed by atoms with Crippen LogP contribution in [-0.4, -0.2) is 12.1 Å². The van der Waals surface area contributed by atoms with Crippen molar-refractivity contribution >= 4 is 0 Å². The first-order valence-electron chi connectivity index (χ1n) is 4.12. The molecule has 14 heavy (non-hydrogen) atoms. The summed E-state index contributed by atoms with van der Waals surface area (Å²) in [5.41, 5.74) is 5.92. The predicted molar refractivity (Wildman–Crippen MR) is 48.4 cm³/mol.